The Morgan fingerprint density at radius 1 is 0.762 bits per heavy atom. The Balaban J connectivity index is 3.49. The zero-order valence-electron chi connectivity index (χ0n) is 15.4. The van der Waals surface area contributed by atoms with Crippen molar-refractivity contribution in [3.8, 4) is 0 Å². The van der Waals surface area contributed by atoms with Crippen LogP contribution in [0.5, 0.6) is 0 Å². The van der Waals surface area contributed by atoms with Gasteiger partial charge in [0.05, 0.1) is 0 Å². The second-order valence-corrected chi connectivity index (χ2v) is 7.85. The summed E-state index contributed by atoms with van der Waals surface area (Å²) >= 11 is 1.81. The molecule has 0 aromatic heterocycles. The van der Waals surface area contributed by atoms with Crippen LogP contribution in [0.1, 0.15) is 91.9 Å². The molecule has 0 nitrogen and oxygen atoms in total. The van der Waals surface area contributed by atoms with E-state index in [1.807, 2.05) is 11.8 Å². The van der Waals surface area contributed by atoms with E-state index in [0.29, 0.717) is 0 Å². The van der Waals surface area contributed by atoms with Gasteiger partial charge in [-0.3, -0.25) is 0 Å². The fourth-order valence-corrected chi connectivity index (χ4v) is 3.37. The van der Waals surface area contributed by atoms with Crippen molar-refractivity contribution in [2.75, 3.05) is 6.26 Å². The Kier molecular flexibility index (Phi) is 15.1. The van der Waals surface area contributed by atoms with Gasteiger partial charge in [-0.05, 0) is 35.8 Å². The van der Waals surface area contributed by atoms with Gasteiger partial charge in [-0.25, -0.2) is 0 Å². The van der Waals surface area contributed by atoms with E-state index in [0.717, 1.165) is 17.8 Å². The largest absolute Gasteiger partial charge is 0.138 e. The van der Waals surface area contributed by atoms with E-state index in [-0.39, 0.29) is 0 Å². The number of unbranched alkanes of at least 4 members (excludes halogenated alkanes) is 2. The summed E-state index contributed by atoms with van der Waals surface area (Å²) in [7, 11) is 0. The molecule has 0 heterocycles. The summed E-state index contributed by atoms with van der Waals surface area (Å²) in [6.45, 7) is 9.53. The molecule has 0 radical (unpaired) electrons. The molecule has 0 N–H and O–H groups in total. The van der Waals surface area contributed by atoms with Gasteiger partial charge in [-0.2, -0.15) is 0 Å². The van der Waals surface area contributed by atoms with Gasteiger partial charge in [0.2, 0.25) is 0 Å². The van der Waals surface area contributed by atoms with E-state index >= 15 is 0 Å². The van der Waals surface area contributed by atoms with Gasteiger partial charge < -0.3 is 0 Å². The van der Waals surface area contributed by atoms with Crippen LogP contribution in [0.2, 0.25) is 0 Å². The molecular formula is C20H40S. The Morgan fingerprint density at radius 2 is 1.29 bits per heavy atom. The normalized spacial score (nSPS) is 16.2. The molecule has 0 aromatic carbocycles. The van der Waals surface area contributed by atoms with E-state index in [2.05, 4.69) is 45.4 Å². The number of allylic oxidation sites excluding steroid dienone is 1. The average molecular weight is 313 g/mol. The first-order chi connectivity index (χ1) is 10.1. The minimum atomic E-state index is 0.753. The van der Waals surface area contributed by atoms with Crippen molar-refractivity contribution in [3.05, 3.63) is 11.5 Å². The van der Waals surface area contributed by atoms with Crippen LogP contribution in [-0.4, -0.2) is 6.26 Å². The maximum absolute atomic E-state index is 2.45. The molecule has 0 saturated carbocycles. The minimum Gasteiger partial charge on any atom is -0.138 e. The Morgan fingerprint density at radius 3 is 1.81 bits per heavy atom. The second kappa shape index (κ2) is 15.0. The maximum atomic E-state index is 2.45. The highest BCUT2D eigenvalue weighted by atomic mass is 32.2. The summed E-state index contributed by atoms with van der Waals surface area (Å²) in [5.41, 5.74) is 0. The molecule has 0 fully saturated rings. The van der Waals surface area contributed by atoms with Gasteiger partial charge in [0.25, 0.3) is 0 Å². The van der Waals surface area contributed by atoms with Gasteiger partial charge in [-0.15, -0.1) is 11.8 Å². The average Bonchev–Trinajstić information content (AvgIpc) is 2.45. The summed E-state index contributed by atoms with van der Waals surface area (Å²) in [6, 6.07) is 0. The number of rotatable bonds is 14. The molecule has 0 aliphatic carbocycles. The molecule has 0 aromatic rings. The molecule has 1 heteroatoms. The lowest BCUT2D eigenvalue weighted by Crippen LogP contribution is -2.00. The topological polar surface area (TPSA) is 0 Å². The number of thioether (sulfide) groups is 1. The number of hydrogen-bond acceptors (Lipinski definition) is 1. The molecule has 0 amide bonds. The summed E-state index contributed by atoms with van der Waals surface area (Å²) in [4.78, 5) is 0. The van der Waals surface area contributed by atoms with E-state index in [4.69, 9.17) is 0 Å². The first-order valence-electron chi connectivity index (χ1n) is 9.29. The first kappa shape index (κ1) is 21.1. The van der Waals surface area contributed by atoms with Crippen LogP contribution in [0, 0.1) is 17.8 Å². The van der Waals surface area contributed by atoms with Gasteiger partial charge in [0.1, 0.15) is 0 Å². The Hall–Kier alpha value is 0.0900. The van der Waals surface area contributed by atoms with E-state index in [9.17, 15) is 0 Å². The van der Waals surface area contributed by atoms with Crippen molar-refractivity contribution in [2.24, 2.45) is 17.8 Å². The van der Waals surface area contributed by atoms with Crippen LogP contribution in [0.25, 0.3) is 0 Å². The van der Waals surface area contributed by atoms with Gasteiger partial charge in [0, 0.05) is 0 Å². The highest BCUT2D eigenvalue weighted by Crippen LogP contribution is 2.21. The SMILES string of the molecule is CCCCCC(C)CCCC(C)CCCC(C)C=CSC. The smallest absolute Gasteiger partial charge is 0.0142 e. The quantitative estimate of drug-likeness (QED) is 0.296. The van der Waals surface area contributed by atoms with Gasteiger partial charge in [0.15, 0.2) is 0 Å². The predicted molar refractivity (Wildman–Crippen MR) is 102 cm³/mol. The molecule has 0 aliphatic rings. The van der Waals surface area contributed by atoms with Crippen LogP contribution < -0.4 is 0 Å². The van der Waals surface area contributed by atoms with Gasteiger partial charge >= 0.3 is 0 Å². The zero-order valence-corrected chi connectivity index (χ0v) is 16.2. The third kappa shape index (κ3) is 14.8. The van der Waals surface area contributed by atoms with Gasteiger partial charge in [-0.1, -0.05) is 91.6 Å². The molecule has 0 spiro atoms. The summed E-state index contributed by atoms with van der Waals surface area (Å²) in [6.07, 6.45) is 18.6. The first-order valence-corrected chi connectivity index (χ1v) is 10.6. The standard InChI is InChI=1S/C20H40S/c1-6-7-8-11-18(2)12-9-13-19(3)14-10-15-20(4)16-17-21-5/h16-20H,6-15H2,1-5H3. The molecule has 0 bridgehead atoms. The minimum absolute atomic E-state index is 0.753. The van der Waals surface area contributed by atoms with Crippen LogP contribution in [0.15, 0.2) is 11.5 Å². The summed E-state index contributed by atoms with van der Waals surface area (Å²) in [5, 5.41) is 2.23. The fourth-order valence-electron chi connectivity index (χ4n) is 2.94. The molecule has 126 valence electrons. The van der Waals surface area contributed by atoms with Crippen molar-refractivity contribution in [1.29, 1.82) is 0 Å². The van der Waals surface area contributed by atoms with Crippen LogP contribution in [0.3, 0.4) is 0 Å². The lowest BCUT2D eigenvalue weighted by atomic mass is 9.91. The van der Waals surface area contributed by atoms with Crippen molar-refractivity contribution in [2.45, 2.75) is 91.9 Å². The predicted octanol–water partition coefficient (Wildman–Crippen LogP) is 7.69. The maximum Gasteiger partial charge on any atom is -0.0142 e. The van der Waals surface area contributed by atoms with E-state index < -0.39 is 0 Å². The summed E-state index contributed by atoms with van der Waals surface area (Å²) < 4.78 is 0. The van der Waals surface area contributed by atoms with Crippen molar-refractivity contribution in [3.63, 3.8) is 0 Å². The fraction of sp³-hybridized carbons (Fsp3) is 0.900. The Labute approximate surface area is 139 Å². The molecule has 21 heavy (non-hydrogen) atoms. The van der Waals surface area contributed by atoms with Crippen molar-refractivity contribution in [1.82, 2.24) is 0 Å². The number of hydrogen-bond donors (Lipinski definition) is 0. The molecule has 0 saturated heterocycles. The third-order valence-corrected chi connectivity index (χ3v) is 5.02. The lowest BCUT2D eigenvalue weighted by Gasteiger charge is -2.15. The molecule has 0 aliphatic heterocycles. The molecule has 0 rings (SSSR count). The van der Waals surface area contributed by atoms with Crippen LogP contribution >= 0.6 is 11.8 Å². The monoisotopic (exact) mass is 312 g/mol. The van der Waals surface area contributed by atoms with E-state index in [1.165, 1.54) is 64.2 Å². The zero-order chi connectivity index (χ0) is 15.9. The van der Waals surface area contributed by atoms with Crippen LogP contribution in [-0.2, 0) is 0 Å². The van der Waals surface area contributed by atoms with E-state index in [1.54, 1.807) is 0 Å². The molecular weight excluding hydrogens is 272 g/mol. The highest BCUT2D eigenvalue weighted by molar-refractivity contribution is 8.01. The summed E-state index contributed by atoms with van der Waals surface area (Å²) in [5.74, 6) is 2.62. The van der Waals surface area contributed by atoms with Crippen molar-refractivity contribution >= 4 is 11.8 Å². The third-order valence-electron chi connectivity index (χ3n) is 4.59. The lowest BCUT2D eigenvalue weighted by molar-refractivity contribution is 0.390. The Bertz CT molecular complexity index is 234. The molecule has 3 unspecified atom stereocenters. The van der Waals surface area contributed by atoms with Crippen LogP contribution in [0.4, 0.5) is 0 Å². The van der Waals surface area contributed by atoms with Crippen molar-refractivity contribution < 1.29 is 0 Å². The highest BCUT2D eigenvalue weighted by Gasteiger charge is 2.06. The molecule has 3 atom stereocenters. The second-order valence-electron chi connectivity index (χ2n) is 7.11.